The fourth-order valence-corrected chi connectivity index (χ4v) is 3.06. The van der Waals surface area contributed by atoms with E-state index in [4.69, 9.17) is 4.84 Å². The molecule has 0 amide bonds. The van der Waals surface area contributed by atoms with Gasteiger partial charge in [0, 0.05) is 26.4 Å². The number of nitro groups is 1. The lowest BCUT2D eigenvalue weighted by atomic mass is 10.0. The zero-order chi connectivity index (χ0) is 19.7. The largest absolute Gasteiger partial charge is 0.291 e. The van der Waals surface area contributed by atoms with Crippen molar-refractivity contribution < 1.29 is 9.76 Å². The number of aliphatic imine (C=N–C) groups is 1. The summed E-state index contributed by atoms with van der Waals surface area (Å²) in [6.07, 6.45) is 1.63. The van der Waals surface area contributed by atoms with Crippen LogP contribution in [0.25, 0.3) is 5.69 Å². The minimum absolute atomic E-state index is 0.0528. The van der Waals surface area contributed by atoms with E-state index in [1.54, 1.807) is 54.2 Å². The van der Waals surface area contributed by atoms with Crippen molar-refractivity contribution in [2.24, 2.45) is 4.99 Å². The molecule has 0 spiro atoms. The molecule has 2 aromatic heterocycles. The summed E-state index contributed by atoms with van der Waals surface area (Å²) in [5.74, 6) is 1.10. The Hall–Kier alpha value is -3.50. The number of fused-ring (bicyclic) bond motifs is 3. The third-order valence-electron chi connectivity index (χ3n) is 4.23. The molecule has 3 heterocycles. The Morgan fingerprint density at radius 2 is 2.07 bits per heavy atom. The van der Waals surface area contributed by atoms with Crippen molar-refractivity contribution >= 4 is 11.4 Å². The van der Waals surface area contributed by atoms with Crippen molar-refractivity contribution in [3.63, 3.8) is 0 Å². The van der Waals surface area contributed by atoms with Crippen LogP contribution in [0.4, 0.5) is 5.69 Å². The van der Waals surface area contributed by atoms with Gasteiger partial charge in [0.15, 0.2) is 11.6 Å². The Kier molecular flexibility index (Phi) is 4.63. The Bertz CT molecular complexity index is 1060. The SMILES string of the molecule is CN(C)OCc1nnc2n1-c1cccc([N+](=O)[O-])c1C(c1ccccn1)=NC2. The maximum absolute atomic E-state index is 11.8. The summed E-state index contributed by atoms with van der Waals surface area (Å²) < 4.78 is 1.77. The molecule has 142 valence electrons. The number of hydrogen-bond donors (Lipinski definition) is 0. The van der Waals surface area contributed by atoms with Crippen LogP contribution in [0.5, 0.6) is 0 Å². The minimum atomic E-state index is -0.414. The predicted octanol–water partition coefficient (Wildman–Crippen LogP) is 1.91. The molecule has 1 aromatic carbocycles. The molecule has 0 radical (unpaired) electrons. The van der Waals surface area contributed by atoms with Crippen LogP contribution in [0, 0.1) is 10.1 Å². The fourth-order valence-electron chi connectivity index (χ4n) is 3.06. The van der Waals surface area contributed by atoms with Gasteiger partial charge in [-0.2, -0.15) is 5.06 Å². The molecule has 0 bridgehead atoms. The van der Waals surface area contributed by atoms with Gasteiger partial charge in [0.2, 0.25) is 0 Å². The zero-order valence-corrected chi connectivity index (χ0v) is 15.3. The van der Waals surface area contributed by atoms with Gasteiger partial charge in [-0.25, -0.2) is 0 Å². The number of hydroxylamine groups is 2. The smallest absolute Gasteiger partial charge is 0.280 e. The van der Waals surface area contributed by atoms with Crippen molar-refractivity contribution in [2.45, 2.75) is 13.2 Å². The van der Waals surface area contributed by atoms with Crippen LogP contribution in [0.2, 0.25) is 0 Å². The third-order valence-corrected chi connectivity index (χ3v) is 4.23. The maximum Gasteiger partial charge on any atom is 0.280 e. The lowest BCUT2D eigenvalue weighted by molar-refractivity contribution is -0.385. The summed E-state index contributed by atoms with van der Waals surface area (Å²) in [4.78, 5) is 25.8. The van der Waals surface area contributed by atoms with E-state index in [0.717, 1.165) is 0 Å². The number of aromatic nitrogens is 4. The minimum Gasteiger partial charge on any atom is -0.291 e. The Morgan fingerprint density at radius 3 is 2.79 bits per heavy atom. The second-order valence-electron chi connectivity index (χ2n) is 6.26. The summed E-state index contributed by atoms with van der Waals surface area (Å²) in [6, 6.07) is 10.3. The summed E-state index contributed by atoms with van der Waals surface area (Å²) in [5.41, 5.74) is 1.92. The number of rotatable bonds is 5. The standard InChI is InChI=1S/C18H17N7O3/c1-23(2)28-11-16-22-21-15-10-20-18(12-6-3-4-9-19-12)17-13(24(15)16)7-5-8-14(17)25(26)27/h3-9H,10-11H2,1-2H3. The molecule has 3 aromatic rings. The zero-order valence-electron chi connectivity index (χ0n) is 15.3. The van der Waals surface area contributed by atoms with Gasteiger partial charge in [0.25, 0.3) is 5.69 Å². The normalized spacial score (nSPS) is 12.9. The second kappa shape index (κ2) is 7.25. The molecule has 0 saturated carbocycles. The Labute approximate surface area is 160 Å². The van der Waals surface area contributed by atoms with Crippen LogP contribution >= 0.6 is 0 Å². The van der Waals surface area contributed by atoms with E-state index in [-0.39, 0.29) is 18.8 Å². The molecule has 10 heteroatoms. The highest BCUT2D eigenvalue weighted by Crippen LogP contribution is 2.32. The monoisotopic (exact) mass is 379 g/mol. The van der Waals surface area contributed by atoms with Crippen molar-refractivity contribution in [3.05, 3.63) is 75.6 Å². The molecular formula is C18H17N7O3. The third kappa shape index (κ3) is 3.15. The summed E-state index contributed by atoms with van der Waals surface area (Å²) in [7, 11) is 3.53. The molecule has 0 aliphatic carbocycles. The average molecular weight is 379 g/mol. The topological polar surface area (TPSA) is 112 Å². The lowest BCUT2D eigenvalue weighted by Crippen LogP contribution is -2.16. The molecule has 28 heavy (non-hydrogen) atoms. The van der Waals surface area contributed by atoms with Gasteiger partial charge in [-0.3, -0.25) is 29.5 Å². The van der Waals surface area contributed by atoms with E-state index in [1.807, 2.05) is 6.07 Å². The van der Waals surface area contributed by atoms with Crippen LogP contribution in [0.1, 0.15) is 22.9 Å². The molecule has 0 N–H and O–H groups in total. The molecule has 10 nitrogen and oxygen atoms in total. The van der Waals surface area contributed by atoms with Gasteiger partial charge >= 0.3 is 0 Å². The van der Waals surface area contributed by atoms with E-state index in [0.29, 0.717) is 34.3 Å². The molecule has 0 saturated heterocycles. The first kappa shape index (κ1) is 17.9. The van der Waals surface area contributed by atoms with E-state index >= 15 is 0 Å². The van der Waals surface area contributed by atoms with Gasteiger partial charge in [-0.1, -0.05) is 12.1 Å². The molecule has 4 rings (SSSR count). The second-order valence-corrected chi connectivity index (χ2v) is 6.26. The van der Waals surface area contributed by atoms with Crippen molar-refractivity contribution in [1.82, 2.24) is 24.8 Å². The summed E-state index contributed by atoms with van der Waals surface area (Å²) >= 11 is 0. The average Bonchev–Trinajstić information content (AvgIpc) is 3.02. The van der Waals surface area contributed by atoms with Crippen LogP contribution < -0.4 is 0 Å². The highest BCUT2D eigenvalue weighted by Gasteiger charge is 2.30. The van der Waals surface area contributed by atoms with Crippen LogP contribution in [0.3, 0.4) is 0 Å². The maximum atomic E-state index is 11.8. The van der Waals surface area contributed by atoms with Crippen LogP contribution in [-0.2, 0) is 18.0 Å². The van der Waals surface area contributed by atoms with Gasteiger partial charge in [0.1, 0.15) is 18.7 Å². The molecule has 0 fully saturated rings. The van der Waals surface area contributed by atoms with Crippen LogP contribution in [-0.4, -0.2) is 49.5 Å². The van der Waals surface area contributed by atoms with E-state index in [1.165, 1.54) is 6.07 Å². The number of benzene rings is 1. The molecular weight excluding hydrogens is 362 g/mol. The molecule has 1 aliphatic heterocycles. The number of nitro benzene ring substituents is 1. The highest BCUT2D eigenvalue weighted by atomic mass is 16.7. The first-order chi connectivity index (χ1) is 13.6. The van der Waals surface area contributed by atoms with E-state index in [9.17, 15) is 10.1 Å². The van der Waals surface area contributed by atoms with E-state index < -0.39 is 4.92 Å². The van der Waals surface area contributed by atoms with Gasteiger partial charge in [-0.05, 0) is 18.2 Å². The Balaban J connectivity index is 1.95. The number of pyridine rings is 1. The number of hydrogen-bond acceptors (Lipinski definition) is 8. The Morgan fingerprint density at radius 1 is 1.21 bits per heavy atom. The van der Waals surface area contributed by atoms with Gasteiger partial charge in [-0.15, -0.1) is 10.2 Å². The van der Waals surface area contributed by atoms with E-state index in [2.05, 4.69) is 20.2 Å². The molecule has 0 atom stereocenters. The first-order valence-corrected chi connectivity index (χ1v) is 8.53. The lowest BCUT2D eigenvalue weighted by Gasteiger charge is -2.14. The van der Waals surface area contributed by atoms with Crippen molar-refractivity contribution in [2.75, 3.05) is 14.1 Å². The highest BCUT2D eigenvalue weighted by molar-refractivity contribution is 6.16. The van der Waals surface area contributed by atoms with Gasteiger partial charge in [0.05, 0.1) is 22.0 Å². The number of nitrogens with zero attached hydrogens (tertiary/aromatic N) is 7. The quantitative estimate of drug-likeness (QED) is 0.492. The van der Waals surface area contributed by atoms with Crippen LogP contribution in [0.15, 0.2) is 47.6 Å². The molecule has 1 aliphatic rings. The predicted molar refractivity (Wildman–Crippen MR) is 100 cm³/mol. The summed E-state index contributed by atoms with van der Waals surface area (Å²) in [6.45, 7) is 0.383. The fraction of sp³-hybridized carbons (Fsp3) is 0.222. The van der Waals surface area contributed by atoms with Crippen molar-refractivity contribution in [1.29, 1.82) is 0 Å². The summed E-state index contributed by atoms with van der Waals surface area (Å²) in [5, 5.41) is 21.7. The van der Waals surface area contributed by atoms with Crippen molar-refractivity contribution in [3.8, 4) is 5.69 Å². The molecule has 0 unspecified atom stereocenters. The first-order valence-electron chi connectivity index (χ1n) is 8.53. The van der Waals surface area contributed by atoms with Gasteiger partial charge < -0.3 is 0 Å².